The fourth-order valence-corrected chi connectivity index (χ4v) is 1.83. The number of rotatable bonds is 1. The van der Waals surface area contributed by atoms with Crippen molar-refractivity contribution in [1.29, 1.82) is 0 Å². The molecule has 1 aromatic carbocycles. The van der Waals surface area contributed by atoms with E-state index in [-0.39, 0.29) is 16.6 Å². The molecule has 0 aliphatic carbocycles. The zero-order valence-corrected chi connectivity index (χ0v) is 12.0. The number of carbonyl (C=O) groups is 2. The average Bonchev–Trinajstić information content (AvgIpc) is 2.66. The fourth-order valence-electron chi connectivity index (χ4n) is 1.83. The van der Waals surface area contributed by atoms with Crippen LogP contribution < -0.4 is 0 Å². The van der Waals surface area contributed by atoms with Crippen LogP contribution in [0.15, 0.2) is 12.1 Å². The maximum atomic E-state index is 13.4. The minimum Gasteiger partial charge on any atom is -0.455 e. The van der Waals surface area contributed by atoms with Gasteiger partial charge in [-0.15, -0.1) is 0 Å². The number of halogens is 2. The van der Waals surface area contributed by atoms with Gasteiger partial charge in [0.15, 0.2) is 17.3 Å². The summed E-state index contributed by atoms with van der Waals surface area (Å²) in [5.41, 5.74) is -0.988. The number of esters is 1. The van der Waals surface area contributed by atoms with Gasteiger partial charge in [0, 0.05) is 18.4 Å². The summed E-state index contributed by atoms with van der Waals surface area (Å²) < 4.78 is 32.7. The molecule has 21 heavy (non-hydrogen) atoms. The molecule has 0 fully saturated rings. The molecule has 0 N–H and O–H groups in total. The first-order valence-corrected chi connectivity index (χ1v) is 6.22. The third-order valence-corrected chi connectivity index (χ3v) is 2.61. The fraction of sp³-hybridized carbons (Fsp3) is 0.357. The topological polar surface area (TPSA) is 61.2 Å². The molecule has 7 heteroatoms. The number of aromatic nitrogens is 2. The Morgan fingerprint density at radius 1 is 1.19 bits per heavy atom. The smallest absolute Gasteiger partial charge is 0.360 e. The van der Waals surface area contributed by atoms with Crippen molar-refractivity contribution >= 4 is 22.8 Å². The van der Waals surface area contributed by atoms with Crippen LogP contribution in [-0.2, 0) is 4.74 Å². The molecule has 0 radical (unpaired) electrons. The zero-order chi connectivity index (χ0) is 15.9. The van der Waals surface area contributed by atoms with Crippen LogP contribution in [0.1, 0.15) is 43.0 Å². The molecule has 0 spiro atoms. The van der Waals surface area contributed by atoms with E-state index in [1.54, 1.807) is 20.8 Å². The van der Waals surface area contributed by atoms with Crippen molar-refractivity contribution in [1.82, 2.24) is 9.78 Å². The normalized spacial score (nSPS) is 11.7. The molecule has 0 atom stereocenters. The number of nitrogens with zero attached hydrogens (tertiary/aromatic N) is 2. The predicted molar refractivity (Wildman–Crippen MR) is 71.1 cm³/mol. The van der Waals surface area contributed by atoms with Crippen LogP contribution in [0.5, 0.6) is 0 Å². The monoisotopic (exact) mass is 296 g/mol. The van der Waals surface area contributed by atoms with Crippen LogP contribution in [0.4, 0.5) is 8.78 Å². The predicted octanol–water partition coefficient (Wildman–Crippen LogP) is 2.93. The van der Waals surface area contributed by atoms with E-state index in [0.717, 1.165) is 16.8 Å². The second-order valence-electron chi connectivity index (χ2n) is 5.56. The third kappa shape index (κ3) is 2.91. The van der Waals surface area contributed by atoms with E-state index >= 15 is 0 Å². The first-order chi connectivity index (χ1) is 9.60. The molecule has 112 valence electrons. The summed E-state index contributed by atoms with van der Waals surface area (Å²) in [7, 11) is 0. The van der Waals surface area contributed by atoms with Gasteiger partial charge in [0.25, 0.3) is 0 Å². The largest absolute Gasteiger partial charge is 0.455 e. The highest BCUT2D eigenvalue weighted by Crippen LogP contribution is 2.24. The molecule has 1 heterocycles. The van der Waals surface area contributed by atoms with Crippen molar-refractivity contribution in [2.75, 3.05) is 0 Å². The van der Waals surface area contributed by atoms with Crippen molar-refractivity contribution < 1.29 is 23.1 Å². The van der Waals surface area contributed by atoms with E-state index in [1.165, 1.54) is 6.92 Å². The van der Waals surface area contributed by atoms with E-state index in [1.807, 2.05) is 0 Å². The van der Waals surface area contributed by atoms with E-state index in [2.05, 4.69) is 5.10 Å². The SMILES string of the molecule is CC(=O)n1nc(C(=O)OC(C)(C)C)c2cc(F)c(F)cc21. The molecule has 5 nitrogen and oxygen atoms in total. The molecule has 0 bridgehead atoms. The van der Waals surface area contributed by atoms with Gasteiger partial charge in [-0.25, -0.2) is 13.6 Å². The summed E-state index contributed by atoms with van der Waals surface area (Å²) in [6, 6.07) is 1.66. The lowest BCUT2D eigenvalue weighted by atomic mass is 10.1. The van der Waals surface area contributed by atoms with Gasteiger partial charge in [0.1, 0.15) is 5.60 Å². The van der Waals surface area contributed by atoms with Gasteiger partial charge in [-0.05, 0) is 26.8 Å². The summed E-state index contributed by atoms with van der Waals surface area (Å²) in [4.78, 5) is 23.6. The quantitative estimate of drug-likeness (QED) is 0.759. The lowest BCUT2D eigenvalue weighted by molar-refractivity contribution is 0.00646. The highest BCUT2D eigenvalue weighted by molar-refractivity contribution is 6.04. The number of benzene rings is 1. The minimum atomic E-state index is -1.13. The maximum Gasteiger partial charge on any atom is 0.360 e. The molecule has 0 saturated carbocycles. The van der Waals surface area contributed by atoms with Gasteiger partial charge in [0.05, 0.1) is 5.52 Å². The Morgan fingerprint density at radius 2 is 1.76 bits per heavy atom. The zero-order valence-electron chi connectivity index (χ0n) is 12.0. The second kappa shape index (κ2) is 4.91. The van der Waals surface area contributed by atoms with Crippen molar-refractivity contribution in [3.8, 4) is 0 Å². The molecule has 1 aromatic heterocycles. The number of carbonyl (C=O) groups excluding carboxylic acids is 2. The van der Waals surface area contributed by atoms with Crippen molar-refractivity contribution in [2.45, 2.75) is 33.3 Å². The first kappa shape index (κ1) is 15.1. The molecule has 0 unspecified atom stereocenters. The van der Waals surface area contributed by atoms with Crippen LogP contribution in [0.25, 0.3) is 10.9 Å². The Morgan fingerprint density at radius 3 is 2.29 bits per heavy atom. The Bertz CT molecular complexity index is 745. The van der Waals surface area contributed by atoms with Crippen LogP contribution in [0.3, 0.4) is 0 Å². The minimum absolute atomic E-state index is 0.0160. The number of hydrogen-bond acceptors (Lipinski definition) is 4. The summed E-state index contributed by atoms with van der Waals surface area (Å²) >= 11 is 0. The van der Waals surface area contributed by atoms with Crippen LogP contribution >= 0.6 is 0 Å². The van der Waals surface area contributed by atoms with Crippen LogP contribution in [0, 0.1) is 11.6 Å². The van der Waals surface area contributed by atoms with Crippen molar-refractivity contribution in [2.24, 2.45) is 0 Å². The molecule has 2 rings (SSSR count). The van der Waals surface area contributed by atoms with Gasteiger partial charge in [-0.2, -0.15) is 9.78 Å². The van der Waals surface area contributed by atoms with E-state index in [0.29, 0.717) is 0 Å². The highest BCUT2D eigenvalue weighted by atomic mass is 19.2. The summed E-state index contributed by atoms with van der Waals surface area (Å²) in [6.07, 6.45) is 0. The molecular weight excluding hydrogens is 282 g/mol. The summed E-state index contributed by atoms with van der Waals surface area (Å²) in [6.45, 7) is 6.19. The Balaban J connectivity index is 2.67. The lowest BCUT2D eigenvalue weighted by Gasteiger charge is -2.18. The van der Waals surface area contributed by atoms with E-state index in [4.69, 9.17) is 4.74 Å². The van der Waals surface area contributed by atoms with Crippen LogP contribution in [0.2, 0.25) is 0 Å². The third-order valence-electron chi connectivity index (χ3n) is 2.61. The van der Waals surface area contributed by atoms with Crippen LogP contribution in [-0.4, -0.2) is 27.3 Å². The van der Waals surface area contributed by atoms with Gasteiger partial charge in [0.2, 0.25) is 5.91 Å². The summed E-state index contributed by atoms with van der Waals surface area (Å²) in [5.74, 6) is -3.59. The highest BCUT2D eigenvalue weighted by Gasteiger charge is 2.25. The molecule has 2 aromatic rings. The number of ether oxygens (including phenoxy) is 1. The Hall–Kier alpha value is -2.31. The Kier molecular flexibility index (Phi) is 3.52. The van der Waals surface area contributed by atoms with Gasteiger partial charge >= 0.3 is 5.97 Å². The summed E-state index contributed by atoms with van der Waals surface area (Å²) in [5, 5.41) is 3.84. The number of fused-ring (bicyclic) bond motifs is 1. The molecule has 0 amide bonds. The van der Waals surface area contributed by atoms with Crippen molar-refractivity contribution in [3.63, 3.8) is 0 Å². The van der Waals surface area contributed by atoms with Gasteiger partial charge in [-0.3, -0.25) is 4.79 Å². The van der Waals surface area contributed by atoms with E-state index < -0.39 is 29.1 Å². The standard InChI is InChI=1S/C14H14F2N2O3/c1-7(19)18-11-6-10(16)9(15)5-8(11)12(17-18)13(20)21-14(2,3)4/h5-6H,1-4H3. The van der Waals surface area contributed by atoms with Gasteiger partial charge in [-0.1, -0.05) is 0 Å². The van der Waals surface area contributed by atoms with Gasteiger partial charge < -0.3 is 4.74 Å². The molecular formula is C14H14F2N2O3. The molecule has 0 aliphatic heterocycles. The Labute approximate surface area is 119 Å². The lowest BCUT2D eigenvalue weighted by Crippen LogP contribution is -2.24. The van der Waals surface area contributed by atoms with Crippen molar-refractivity contribution in [3.05, 3.63) is 29.5 Å². The number of hydrogen-bond donors (Lipinski definition) is 0. The van der Waals surface area contributed by atoms with E-state index in [9.17, 15) is 18.4 Å². The molecule has 0 aliphatic rings. The first-order valence-electron chi connectivity index (χ1n) is 6.22. The maximum absolute atomic E-state index is 13.4. The average molecular weight is 296 g/mol. The second-order valence-corrected chi connectivity index (χ2v) is 5.56. The molecule has 0 saturated heterocycles.